The SMILES string of the molecule is CC(C)(C)C1CCC(=O)C(CCCS(C)(=O)=O)C1. The predicted octanol–water partition coefficient (Wildman–Crippen LogP) is 2.84. The summed E-state index contributed by atoms with van der Waals surface area (Å²) in [6.07, 6.45) is 5.21. The van der Waals surface area contributed by atoms with Gasteiger partial charge in [0.05, 0.1) is 0 Å². The van der Waals surface area contributed by atoms with Gasteiger partial charge < -0.3 is 0 Å². The fourth-order valence-electron chi connectivity index (χ4n) is 2.77. The highest BCUT2D eigenvalue weighted by Gasteiger charge is 2.34. The molecule has 2 atom stereocenters. The van der Waals surface area contributed by atoms with Crippen molar-refractivity contribution in [1.82, 2.24) is 0 Å². The van der Waals surface area contributed by atoms with Gasteiger partial charge in [-0.2, -0.15) is 0 Å². The van der Waals surface area contributed by atoms with Gasteiger partial charge in [-0.25, -0.2) is 8.42 Å². The van der Waals surface area contributed by atoms with Crippen LogP contribution >= 0.6 is 0 Å². The third kappa shape index (κ3) is 5.09. The van der Waals surface area contributed by atoms with E-state index in [-0.39, 0.29) is 17.1 Å². The van der Waals surface area contributed by atoms with Crippen molar-refractivity contribution in [1.29, 1.82) is 0 Å². The Morgan fingerprint density at radius 2 is 1.89 bits per heavy atom. The Labute approximate surface area is 111 Å². The Hall–Kier alpha value is -0.380. The number of ketones is 1. The quantitative estimate of drug-likeness (QED) is 0.792. The van der Waals surface area contributed by atoms with E-state index in [1.54, 1.807) is 0 Å². The van der Waals surface area contributed by atoms with Crippen molar-refractivity contribution in [2.75, 3.05) is 12.0 Å². The molecule has 0 aliphatic heterocycles. The molecule has 0 saturated heterocycles. The van der Waals surface area contributed by atoms with Crippen LogP contribution in [0.1, 0.15) is 52.9 Å². The summed E-state index contributed by atoms with van der Waals surface area (Å²) in [4.78, 5) is 11.9. The molecule has 18 heavy (non-hydrogen) atoms. The summed E-state index contributed by atoms with van der Waals surface area (Å²) in [7, 11) is -2.90. The molecule has 1 aliphatic carbocycles. The summed E-state index contributed by atoms with van der Waals surface area (Å²) >= 11 is 0. The fourth-order valence-corrected chi connectivity index (χ4v) is 3.46. The summed E-state index contributed by atoms with van der Waals surface area (Å²) in [5.74, 6) is 1.21. The molecule has 0 aromatic heterocycles. The smallest absolute Gasteiger partial charge is 0.147 e. The van der Waals surface area contributed by atoms with Crippen LogP contribution in [0.5, 0.6) is 0 Å². The number of carbonyl (C=O) groups is 1. The Morgan fingerprint density at radius 1 is 1.28 bits per heavy atom. The van der Waals surface area contributed by atoms with Crippen molar-refractivity contribution in [2.45, 2.75) is 52.9 Å². The maximum Gasteiger partial charge on any atom is 0.147 e. The second-order valence-corrected chi connectivity index (χ2v) is 9.03. The minimum Gasteiger partial charge on any atom is -0.299 e. The molecule has 1 aliphatic rings. The lowest BCUT2D eigenvalue weighted by molar-refractivity contribution is -0.126. The summed E-state index contributed by atoms with van der Waals surface area (Å²) in [6.45, 7) is 6.67. The number of hydrogen-bond acceptors (Lipinski definition) is 3. The molecular weight excluding hydrogens is 248 g/mol. The molecule has 1 fully saturated rings. The molecule has 4 heteroatoms. The minimum absolute atomic E-state index is 0.0877. The maximum absolute atomic E-state index is 11.9. The second kappa shape index (κ2) is 5.72. The van der Waals surface area contributed by atoms with Crippen LogP contribution in [-0.2, 0) is 14.6 Å². The lowest BCUT2D eigenvalue weighted by Gasteiger charge is -2.37. The van der Waals surface area contributed by atoms with Gasteiger partial charge in [-0.1, -0.05) is 20.8 Å². The molecule has 0 aromatic rings. The summed E-state index contributed by atoms with van der Waals surface area (Å²) in [5, 5.41) is 0. The molecule has 2 unspecified atom stereocenters. The van der Waals surface area contributed by atoms with E-state index in [1.807, 2.05) is 0 Å². The van der Waals surface area contributed by atoms with E-state index in [9.17, 15) is 13.2 Å². The van der Waals surface area contributed by atoms with Gasteiger partial charge in [-0.3, -0.25) is 4.79 Å². The van der Waals surface area contributed by atoms with E-state index in [1.165, 1.54) is 6.26 Å². The maximum atomic E-state index is 11.9. The van der Waals surface area contributed by atoms with Gasteiger partial charge in [0.25, 0.3) is 0 Å². The molecule has 0 spiro atoms. The molecule has 0 radical (unpaired) electrons. The number of hydrogen-bond donors (Lipinski definition) is 0. The van der Waals surface area contributed by atoms with E-state index in [2.05, 4.69) is 20.8 Å². The van der Waals surface area contributed by atoms with Crippen LogP contribution in [0, 0.1) is 17.3 Å². The van der Waals surface area contributed by atoms with Crippen LogP contribution in [0.15, 0.2) is 0 Å². The summed E-state index contributed by atoms with van der Waals surface area (Å²) in [5.41, 5.74) is 0.246. The Bertz CT molecular complexity index is 390. The normalized spacial score (nSPS) is 26.3. The highest BCUT2D eigenvalue weighted by molar-refractivity contribution is 7.90. The monoisotopic (exact) mass is 274 g/mol. The van der Waals surface area contributed by atoms with Gasteiger partial charge >= 0.3 is 0 Å². The molecule has 0 amide bonds. The van der Waals surface area contributed by atoms with E-state index in [0.717, 1.165) is 19.3 Å². The summed E-state index contributed by atoms with van der Waals surface area (Å²) in [6, 6.07) is 0. The zero-order valence-electron chi connectivity index (χ0n) is 12.0. The van der Waals surface area contributed by atoms with Crippen LogP contribution in [-0.4, -0.2) is 26.2 Å². The lowest BCUT2D eigenvalue weighted by Crippen LogP contribution is -2.32. The lowest BCUT2D eigenvalue weighted by atomic mass is 9.68. The number of carbonyl (C=O) groups excluding carboxylic acids is 1. The fraction of sp³-hybridized carbons (Fsp3) is 0.929. The average Bonchev–Trinajstić information content (AvgIpc) is 2.17. The van der Waals surface area contributed by atoms with Gasteiger partial charge in [0.2, 0.25) is 0 Å². The largest absolute Gasteiger partial charge is 0.299 e. The van der Waals surface area contributed by atoms with E-state index in [4.69, 9.17) is 0 Å². The van der Waals surface area contributed by atoms with Crippen molar-refractivity contribution in [3.05, 3.63) is 0 Å². The highest BCUT2D eigenvalue weighted by Crippen LogP contribution is 2.40. The van der Waals surface area contributed by atoms with Crippen molar-refractivity contribution in [3.63, 3.8) is 0 Å². The first-order valence-corrected chi connectivity index (χ1v) is 8.86. The Morgan fingerprint density at radius 3 is 2.39 bits per heavy atom. The van der Waals surface area contributed by atoms with Gasteiger partial charge in [0.15, 0.2) is 0 Å². The Kier molecular flexibility index (Phi) is 4.98. The van der Waals surface area contributed by atoms with E-state index >= 15 is 0 Å². The first kappa shape index (κ1) is 15.7. The standard InChI is InChI=1S/C14H26O3S/c1-14(2,3)12-7-8-13(15)11(10-12)6-5-9-18(4,16)17/h11-12H,5-10H2,1-4H3. The first-order valence-electron chi connectivity index (χ1n) is 6.80. The molecule has 1 saturated carbocycles. The van der Waals surface area contributed by atoms with Crippen LogP contribution < -0.4 is 0 Å². The first-order chi connectivity index (χ1) is 8.09. The topological polar surface area (TPSA) is 51.2 Å². The van der Waals surface area contributed by atoms with Crippen molar-refractivity contribution >= 4 is 15.6 Å². The predicted molar refractivity (Wildman–Crippen MR) is 74.2 cm³/mol. The molecule has 0 N–H and O–H groups in total. The van der Waals surface area contributed by atoms with Gasteiger partial charge in [-0.15, -0.1) is 0 Å². The van der Waals surface area contributed by atoms with Crippen LogP contribution in [0.3, 0.4) is 0 Å². The van der Waals surface area contributed by atoms with Gasteiger partial charge in [0, 0.05) is 24.3 Å². The molecule has 0 aromatic carbocycles. The van der Waals surface area contributed by atoms with E-state index < -0.39 is 9.84 Å². The zero-order valence-corrected chi connectivity index (χ0v) is 12.8. The number of sulfone groups is 1. The highest BCUT2D eigenvalue weighted by atomic mass is 32.2. The van der Waals surface area contributed by atoms with Gasteiger partial charge in [-0.05, 0) is 37.0 Å². The molecule has 3 nitrogen and oxygen atoms in total. The average molecular weight is 274 g/mol. The van der Waals surface area contributed by atoms with Crippen LogP contribution in [0.4, 0.5) is 0 Å². The second-order valence-electron chi connectivity index (χ2n) is 6.77. The molecule has 106 valence electrons. The zero-order chi connectivity index (χ0) is 14.0. The Balaban J connectivity index is 2.51. The minimum atomic E-state index is -2.90. The molecule has 0 heterocycles. The molecule has 1 rings (SSSR count). The van der Waals surface area contributed by atoms with Crippen molar-refractivity contribution in [2.24, 2.45) is 17.3 Å². The van der Waals surface area contributed by atoms with Crippen molar-refractivity contribution in [3.8, 4) is 0 Å². The number of Topliss-reactive ketones (excluding diaryl/α,β-unsaturated/α-hetero) is 1. The third-order valence-electron chi connectivity index (χ3n) is 4.06. The van der Waals surface area contributed by atoms with Gasteiger partial charge in [0.1, 0.15) is 15.6 Å². The van der Waals surface area contributed by atoms with Crippen LogP contribution in [0.25, 0.3) is 0 Å². The molecular formula is C14H26O3S. The van der Waals surface area contributed by atoms with Crippen molar-refractivity contribution < 1.29 is 13.2 Å². The third-order valence-corrected chi connectivity index (χ3v) is 5.09. The van der Waals surface area contributed by atoms with E-state index in [0.29, 0.717) is 24.5 Å². The number of rotatable bonds is 4. The van der Waals surface area contributed by atoms with Crippen LogP contribution in [0.2, 0.25) is 0 Å². The summed E-state index contributed by atoms with van der Waals surface area (Å²) < 4.78 is 22.2. The molecule has 0 bridgehead atoms.